The van der Waals surface area contributed by atoms with Crippen LogP contribution >= 0.6 is 0 Å². The lowest BCUT2D eigenvalue weighted by atomic mass is 9.97. The van der Waals surface area contributed by atoms with Gasteiger partial charge >= 0.3 is 5.97 Å². The van der Waals surface area contributed by atoms with E-state index in [-0.39, 0.29) is 29.0 Å². The fraction of sp³-hybridized carbons (Fsp3) is 0.208. The van der Waals surface area contributed by atoms with Crippen LogP contribution in [-0.2, 0) is 9.53 Å². The van der Waals surface area contributed by atoms with Gasteiger partial charge in [0.05, 0.1) is 18.2 Å². The van der Waals surface area contributed by atoms with Gasteiger partial charge in [-0.2, -0.15) is 0 Å². The van der Waals surface area contributed by atoms with Crippen molar-refractivity contribution in [1.82, 2.24) is 10.3 Å². The smallest absolute Gasteiger partial charge is 0.340 e. The van der Waals surface area contributed by atoms with Gasteiger partial charge < -0.3 is 15.0 Å². The molecule has 0 saturated heterocycles. The van der Waals surface area contributed by atoms with Crippen molar-refractivity contribution in [1.29, 1.82) is 0 Å². The zero-order valence-electron chi connectivity index (χ0n) is 17.5. The molecule has 0 spiro atoms. The van der Waals surface area contributed by atoms with E-state index in [9.17, 15) is 18.8 Å². The molecule has 160 valence electrons. The number of hydrogen-bond acceptors (Lipinski definition) is 4. The van der Waals surface area contributed by atoms with Crippen LogP contribution < -0.4 is 5.32 Å². The molecule has 0 fully saturated rings. The Balaban J connectivity index is 2.03. The van der Waals surface area contributed by atoms with Gasteiger partial charge in [0.25, 0.3) is 11.7 Å². The third-order valence-electron chi connectivity index (χ3n) is 4.89. The average molecular weight is 422 g/mol. The largest absolute Gasteiger partial charge is 0.462 e. The van der Waals surface area contributed by atoms with Gasteiger partial charge in [-0.3, -0.25) is 9.59 Å². The number of nitrogens with one attached hydrogen (secondary N) is 2. The molecular weight excluding hydrogens is 399 g/mol. The molecule has 0 aliphatic rings. The molecule has 3 aromatic rings. The Bertz CT molecular complexity index is 1120. The van der Waals surface area contributed by atoms with Gasteiger partial charge in [-0.25, -0.2) is 9.18 Å². The summed E-state index contributed by atoms with van der Waals surface area (Å²) in [7, 11) is 0. The number of rotatable bonds is 7. The number of carbonyl (C=O) groups is 3. The molecular formula is C24H23FN2O4. The van der Waals surface area contributed by atoms with E-state index in [0.717, 1.165) is 5.56 Å². The first-order valence-electron chi connectivity index (χ1n) is 9.89. The van der Waals surface area contributed by atoms with Gasteiger partial charge in [0, 0.05) is 16.8 Å². The van der Waals surface area contributed by atoms with Crippen molar-refractivity contribution in [2.24, 2.45) is 0 Å². The molecule has 1 aromatic heterocycles. The standard InChI is InChI=1S/C24H23FN2O4/c1-4-31-24(30)19-15(3)26-21(20(19)17-12-8-9-13-18(17)25)22(28)23(29)27-14(2)16-10-6-5-7-11-16/h5-14,26H,4H2,1-3H3,(H,27,29)/t14-/m0/s1. The minimum absolute atomic E-state index is 0.0153. The Morgan fingerprint density at radius 2 is 1.71 bits per heavy atom. The second kappa shape index (κ2) is 9.38. The number of esters is 1. The number of aromatic nitrogens is 1. The fourth-order valence-electron chi connectivity index (χ4n) is 3.39. The number of H-pyrrole nitrogens is 1. The second-order valence-corrected chi connectivity index (χ2v) is 7.01. The number of Topliss-reactive ketones (excluding diaryl/α,β-unsaturated/α-hetero) is 1. The lowest BCUT2D eigenvalue weighted by molar-refractivity contribution is -0.117. The van der Waals surface area contributed by atoms with Gasteiger partial charge in [-0.1, -0.05) is 48.5 Å². The van der Waals surface area contributed by atoms with Crippen LogP contribution in [-0.4, -0.2) is 29.3 Å². The van der Waals surface area contributed by atoms with Crippen molar-refractivity contribution in [2.45, 2.75) is 26.8 Å². The van der Waals surface area contributed by atoms with Crippen LogP contribution in [0.4, 0.5) is 4.39 Å². The Hall–Kier alpha value is -3.74. The fourth-order valence-corrected chi connectivity index (χ4v) is 3.39. The number of benzene rings is 2. The van der Waals surface area contributed by atoms with Crippen LogP contribution in [0.2, 0.25) is 0 Å². The highest BCUT2D eigenvalue weighted by Crippen LogP contribution is 2.33. The van der Waals surface area contributed by atoms with E-state index in [4.69, 9.17) is 4.74 Å². The SMILES string of the molecule is CCOC(=O)c1c(C)[nH]c(C(=O)C(=O)N[C@@H](C)c2ccccc2)c1-c1ccccc1F. The van der Waals surface area contributed by atoms with Crippen molar-refractivity contribution in [3.05, 3.63) is 82.9 Å². The lowest BCUT2D eigenvalue weighted by Crippen LogP contribution is -2.33. The summed E-state index contributed by atoms with van der Waals surface area (Å²) in [6.45, 7) is 5.08. The third kappa shape index (κ3) is 4.55. The summed E-state index contributed by atoms with van der Waals surface area (Å²) < 4.78 is 19.7. The van der Waals surface area contributed by atoms with E-state index in [1.807, 2.05) is 30.3 Å². The number of halogens is 1. The Morgan fingerprint density at radius 1 is 1.06 bits per heavy atom. The minimum atomic E-state index is -0.903. The number of ether oxygens (including phenoxy) is 1. The van der Waals surface area contributed by atoms with Crippen LogP contribution in [0.5, 0.6) is 0 Å². The molecule has 1 amide bonds. The number of aryl methyl sites for hydroxylation is 1. The van der Waals surface area contributed by atoms with E-state index in [0.29, 0.717) is 5.69 Å². The molecule has 0 saturated carbocycles. The first-order chi connectivity index (χ1) is 14.8. The molecule has 2 N–H and O–H groups in total. The number of amides is 1. The lowest BCUT2D eigenvalue weighted by Gasteiger charge is -2.14. The predicted molar refractivity (Wildman–Crippen MR) is 114 cm³/mol. The highest BCUT2D eigenvalue weighted by molar-refractivity contribution is 6.44. The van der Waals surface area contributed by atoms with Crippen molar-refractivity contribution in [3.63, 3.8) is 0 Å². The number of hydrogen-bond donors (Lipinski definition) is 2. The zero-order chi connectivity index (χ0) is 22.5. The van der Waals surface area contributed by atoms with Crippen LogP contribution in [0.25, 0.3) is 11.1 Å². The van der Waals surface area contributed by atoms with Crippen LogP contribution in [0.1, 0.15) is 52.0 Å². The Kier molecular flexibility index (Phi) is 6.65. The summed E-state index contributed by atoms with van der Waals surface area (Å²) in [6, 6.07) is 14.5. The molecule has 31 heavy (non-hydrogen) atoms. The highest BCUT2D eigenvalue weighted by atomic mass is 19.1. The maximum absolute atomic E-state index is 14.6. The Morgan fingerprint density at radius 3 is 2.35 bits per heavy atom. The van der Waals surface area contributed by atoms with Crippen LogP contribution in [0, 0.1) is 12.7 Å². The quantitative estimate of drug-likeness (QED) is 0.336. The normalized spacial score (nSPS) is 11.6. The molecule has 7 heteroatoms. The first-order valence-corrected chi connectivity index (χ1v) is 9.89. The summed E-state index contributed by atoms with van der Waals surface area (Å²) >= 11 is 0. The van der Waals surface area contributed by atoms with Crippen LogP contribution in [0.15, 0.2) is 54.6 Å². The van der Waals surface area contributed by atoms with E-state index in [1.165, 1.54) is 18.2 Å². The predicted octanol–water partition coefficient (Wildman–Crippen LogP) is 4.37. The van der Waals surface area contributed by atoms with Crippen molar-refractivity contribution in [3.8, 4) is 11.1 Å². The van der Waals surface area contributed by atoms with E-state index < -0.39 is 29.5 Å². The molecule has 1 atom stereocenters. The summed E-state index contributed by atoms with van der Waals surface area (Å²) in [5.74, 6) is -3.10. The van der Waals surface area contributed by atoms with E-state index in [2.05, 4.69) is 10.3 Å². The first kappa shape index (κ1) is 22.0. The van der Waals surface area contributed by atoms with Gasteiger partial charge in [0.2, 0.25) is 0 Å². The van der Waals surface area contributed by atoms with Crippen LogP contribution in [0.3, 0.4) is 0 Å². The monoisotopic (exact) mass is 422 g/mol. The van der Waals surface area contributed by atoms with E-state index in [1.54, 1.807) is 26.8 Å². The van der Waals surface area contributed by atoms with Gasteiger partial charge in [-0.05, 0) is 32.4 Å². The number of aromatic amines is 1. The zero-order valence-corrected chi connectivity index (χ0v) is 17.5. The second-order valence-electron chi connectivity index (χ2n) is 7.01. The number of ketones is 1. The average Bonchev–Trinajstić information content (AvgIpc) is 3.11. The molecule has 0 bridgehead atoms. The molecule has 0 unspecified atom stereocenters. The maximum atomic E-state index is 14.6. The summed E-state index contributed by atoms with van der Waals surface area (Å²) in [5, 5.41) is 2.65. The Labute approximate surface area is 179 Å². The molecule has 0 radical (unpaired) electrons. The summed E-state index contributed by atoms with van der Waals surface area (Å²) in [4.78, 5) is 41.1. The van der Waals surface area contributed by atoms with E-state index >= 15 is 0 Å². The molecule has 1 heterocycles. The molecule has 2 aromatic carbocycles. The van der Waals surface area contributed by atoms with Crippen molar-refractivity contribution >= 4 is 17.7 Å². The topological polar surface area (TPSA) is 88.3 Å². The third-order valence-corrected chi connectivity index (χ3v) is 4.89. The summed E-state index contributed by atoms with van der Waals surface area (Å²) in [5.41, 5.74) is 1.04. The molecule has 0 aliphatic carbocycles. The molecule has 0 aliphatic heterocycles. The van der Waals surface area contributed by atoms with Crippen molar-refractivity contribution in [2.75, 3.05) is 6.61 Å². The van der Waals surface area contributed by atoms with Gasteiger partial charge in [0.1, 0.15) is 11.5 Å². The molecule has 3 rings (SSSR count). The minimum Gasteiger partial charge on any atom is -0.462 e. The van der Waals surface area contributed by atoms with Gasteiger partial charge in [-0.15, -0.1) is 0 Å². The summed E-state index contributed by atoms with van der Waals surface area (Å²) in [6.07, 6.45) is 0. The highest BCUT2D eigenvalue weighted by Gasteiger charge is 2.31. The maximum Gasteiger partial charge on any atom is 0.340 e. The van der Waals surface area contributed by atoms with Crippen molar-refractivity contribution < 1.29 is 23.5 Å². The molecule has 6 nitrogen and oxygen atoms in total. The van der Waals surface area contributed by atoms with Gasteiger partial charge in [0.15, 0.2) is 0 Å². The number of carbonyl (C=O) groups excluding carboxylic acids is 3.